The minimum absolute atomic E-state index is 0.360. The third-order valence-corrected chi connectivity index (χ3v) is 3.92. The minimum atomic E-state index is 0.360. The van der Waals surface area contributed by atoms with Crippen LogP contribution in [0.15, 0.2) is 8.76 Å². The monoisotopic (exact) mass is 285 g/mol. The predicted molar refractivity (Wildman–Crippen MR) is 71.9 cm³/mol. The average Bonchev–Trinajstić information content (AvgIpc) is 2.94. The van der Waals surface area contributed by atoms with Crippen molar-refractivity contribution >= 4 is 28.2 Å². The molecule has 0 aliphatic carbocycles. The van der Waals surface area contributed by atoms with E-state index in [1.54, 1.807) is 11.8 Å². The van der Waals surface area contributed by atoms with Crippen molar-refractivity contribution in [2.45, 2.75) is 43.3 Å². The Labute approximate surface area is 114 Å². The van der Waals surface area contributed by atoms with Crippen molar-refractivity contribution in [2.75, 3.05) is 5.32 Å². The van der Waals surface area contributed by atoms with E-state index in [4.69, 9.17) is 4.42 Å². The number of thioether (sulfide) groups is 1. The molecule has 0 saturated carbocycles. The molecule has 0 spiro atoms. The highest BCUT2D eigenvalue weighted by Crippen LogP contribution is 2.28. The molecule has 0 amide bonds. The maximum atomic E-state index is 5.42. The molecule has 0 aliphatic heterocycles. The quantitative estimate of drug-likeness (QED) is 0.817. The van der Waals surface area contributed by atoms with Gasteiger partial charge in [0, 0.05) is 12.5 Å². The van der Waals surface area contributed by atoms with Crippen molar-refractivity contribution in [2.24, 2.45) is 0 Å². The predicted octanol–water partition coefficient (Wildman–Crippen LogP) is 2.60. The van der Waals surface area contributed by atoms with Gasteiger partial charge >= 0.3 is 0 Å². The van der Waals surface area contributed by atoms with E-state index >= 15 is 0 Å². The van der Waals surface area contributed by atoms with Crippen LogP contribution in [0.25, 0.3) is 0 Å². The summed E-state index contributed by atoms with van der Waals surface area (Å²) >= 11 is 3.09. The number of aromatic nitrogens is 4. The van der Waals surface area contributed by atoms with Crippen LogP contribution in [0.2, 0.25) is 0 Å². The average molecular weight is 285 g/mol. The lowest BCUT2D eigenvalue weighted by Crippen LogP contribution is -2.08. The Morgan fingerprint density at radius 1 is 1.22 bits per heavy atom. The van der Waals surface area contributed by atoms with Crippen LogP contribution in [0.4, 0.5) is 5.13 Å². The van der Waals surface area contributed by atoms with E-state index < -0.39 is 0 Å². The van der Waals surface area contributed by atoms with Gasteiger partial charge in [0.25, 0.3) is 0 Å². The van der Waals surface area contributed by atoms with Gasteiger partial charge in [0.2, 0.25) is 16.9 Å². The molecule has 0 bridgehead atoms. The molecule has 0 aromatic carbocycles. The van der Waals surface area contributed by atoms with Crippen LogP contribution in [0.3, 0.4) is 0 Å². The molecule has 0 saturated heterocycles. The first-order chi connectivity index (χ1) is 8.67. The fraction of sp³-hybridized carbons (Fsp3) is 0.600. The number of aryl methyl sites for hydroxylation is 1. The van der Waals surface area contributed by atoms with Crippen LogP contribution < -0.4 is 5.32 Å². The molecule has 1 N–H and O–H groups in total. The summed E-state index contributed by atoms with van der Waals surface area (Å²) in [6, 6.07) is 0.360. The van der Waals surface area contributed by atoms with Crippen LogP contribution in [-0.4, -0.2) is 26.4 Å². The summed E-state index contributed by atoms with van der Waals surface area (Å²) in [6.07, 6.45) is 0.763. The van der Waals surface area contributed by atoms with Gasteiger partial charge in [-0.2, -0.15) is 0 Å². The highest BCUT2D eigenvalue weighted by molar-refractivity contribution is 8.00. The maximum absolute atomic E-state index is 5.42. The topological polar surface area (TPSA) is 76.7 Å². The Kier molecular flexibility index (Phi) is 4.54. The summed E-state index contributed by atoms with van der Waals surface area (Å²) < 4.78 is 6.32. The van der Waals surface area contributed by atoms with Gasteiger partial charge in [-0.25, -0.2) is 0 Å². The Bertz CT molecular complexity index is 496. The standard InChI is InChI=1S/C10H15N5OS2/c1-4-7-12-13-8(16-7)5-17-10-15-14-9(18-10)11-6(2)3/h6H,4-5H2,1-3H3,(H,11,14). The van der Waals surface area contributed by atoms with E-state index in [0.717, 1.165) is 15.9 Å². The van der Waals surface area contributed by atoms with Gasteiger partial charge < -0.3 is 9.73 Å². The first kappa shape index (κ1) is 13.3. The Morgan fingerprint density at radius 2 is 2.00 bits per heavy atom. The van der Waals surface area contributed by atoms with Crippen LogP contribution in [0.1, 0.15) is 32.6 Å². The van der Waals surface area contributed by atoms with Gasteiger partial charge in [-0.1, -0.05) is 30.0 Å². The summed E-state index contributed by atoms with van der Waals surface area (Å²) in [4.78, 5) is 0. The van der Waals surface area contributed by atoms with Crippen molar-refractivity contribution in [1.82, 2.24) is 20.4 Å². The number of hydrogen-bond acceptors (Lipinski definition) is 8. The zero-order chi connectivity index (χ0) is 13.0. The molecule has 2 rings (SSSR count). The molecule has 6 nitrogen and oxygen atoms in total. The molecule has 98 valence electrons. The van der Waals surface area contributed by atoms with Crippen LogP contribution in [0, 0.1) is 0 Å². The van der Waals surface area contributed by atoms with Crippen molar-refractivity contribution < 1.29 is 4.42 Å². The smallest absolute Gasteiger partial charge is 0.226 e. The van der Waals surface area contributed by atoms with Gasteiger partial charge in [-0.15, -0.1) is 20.4 Å². The summed E-state index contributed by atoms with van der Waals surface area (Å²) in [5.74, 6) is 1.93. The summed E-state index contributed by atoms with van der Waals surface area (Å²) in [5, 5.41) is 20.1. The fourth-order valence-corrected chi connectivity index (χ4v) is 2.92. The third kappa shape index (κ3) is 3.67. The van der Waals surface area contributed by atoms with Crippen LogP contribution in [-0.2, 0) is 12.2 Å². The molecule has 18 heavy (non-hydrogen) atoms. The molecule has 0 fully saturated rings. The first-order valence-electron chi connectivity index (χ1n) is 5.71. The molecule has 0 radical (unpaired) electrons. The van der Waals surface area contributed by atoms with Gasteiger partial charge in [0.1, 0.15) is 0 Å². The Hall–Kier alpha value is -1.15. The summed E-state index contributed by atoms with van der Waals surface area (Å²) in [6.45, 7) is 6.12. The highest BCUT2D eigenvalue weighted by Gasteiger charge is 2.09. The molecule has 2 aromatic heterocycles. The normalized spacial score (nSPS) is 11.1. The maximum Gasteiger partial charge on any atom is 0.226 e. The van der Waals surface area contributed by atoms with Crippen LogP contribution in [0.5, 0.6) is 0 Å². The molecule has 0 aliphatic rings. The fourth-order valence-electron chi connectivity index (χ4n) is 1.19. The molecular formula is C10H15N5OS2. The number of anilines is 1. The van der Waals surface area contributed by atoms with Gasteiger partial charge in [-0.05, 0) is 13.8 Å². The highest BCUT2D eigenvalue weighted by atomic mass is 32.2. The largest absolute Gasteiger partial charge is 0.424 e. The van der Waals surface area contributed by atoms with Crippen molar-refractivity contribution in [3.63, 3.8) is 0 Å². The number of rotatable bonds is 6. The molecule has 8 heteroatoms. The van der Waals surface area contributed by atoms with E-state index in [9.17, 15) is 0 Å². The van der Waals surface area contributed by atoms with E-state index in [-0.39, 0.29) is 0 Å². The van der Waals surface area contributed by atoms with E-state index in [2.05, 4.69) is 39.6 Å². The Balaban J connectivity index is 1.87. The van der Waals surface area contributed by atoms with E-state index in [1.165, 1.54) is 11.3 Å². The lowest BCUT2D eigenvalue weighted by atomic mass is 10.4. The summed E-state index contributed by atoms with van der Waals surface area (Å²) in [7, 11) is 0. The van der Waals surface area contributed by atoms with Gasteiger partial charge in [0.05, 0.1) is 5.75 Å². The summed E-state index contributed by atoms with van der Waals surface area (Å²) in [5.41, 5.74) is 0. The van der Waals surface area contributed by atoms with Gasteiger partial charge in [0.15, 0.2) is 4.34 Å². The molecule has 0 atom stereocenters. The zero-order valence-corrected chi connectivity index (χ0v) is 12.1. The lowest BCUT2D eigenvalue weighted by molar-refractivity contribution is 0.470. The lowest BCUT2D eigenvalue weighted by Gasteiger charge is -2.02. The molecule has 2 heterocycles. The number of nitrogens with zero attached hydrogens (tertiary/aromatic N) is 4. The second-order valence-electron chi connectivity index (χ2n) is 3.90. The van der Waals surface area contributed by atoms with Gasteiger partial charge in [-0.3, -0.25) is 0 Å². The SMILES string of the molecule is CCc1nnc(CSc2nnc(NC(C)C)s2)o1. The number of nitrogens with one attached hydrogen (secondary N) is 1. The third-order valence-electron chi connectivity index (χ3n) is 1.95. The zero-order valence-electron chi connectivity index (χ0n) is 10.5. The van der Waals surface area contributed by atoms with E-state index in [0.29, 0.717) is 23.6 Å². The molecular weight excluding hydrogens is 270 g/mol. The van der Waals surface area contributed by atoms with Crippen LogP contribution >= 0.6 is 23.1 Å². The van der Waals surface area contributed by atoms with E-state index in [1.807, 2.05) is 6.92 Å². The Morgan fingerprint density at radius 3 is 2.67 bits per heavy atom. The number of hydrogen-bond donors (Lipinski definition) is 1. The first-order valence-corrected chi connectivity index (χ1v) is 7.51. The second kappa shape index (κ2) is 6.14. The van der Waals surface area contributed by atoms with Crippen molar-refractivity contribution in [3.8, 4) is 0 Å². The molecule has 2 aromatic rings. The second-order valence-corrected chi connectivity index (χ2v) is 6.10. The van der Waals surface area contributed by atoms with Crippen molar-refractivity contribution in [1.29, 1.82) is 0 Å². The van der Waals surface area contributed by atoms with Crippen molar-refractivity contribution in [3.05, 3.63) is 11.8 Å². The molecule has 0 unspecified atom stereocenters. The minimum Gasteiger partial charge on any atom is -0.424 e.